The highest BCUT2D eigenvalue weighted by molar-refractivity contribution is 5.74. The molecule has 3 rings (SSSR count). The van der Waals surface area contributed by atoms with E-state index >= 15 is 0 Å². The molecule has 2 amide bonds. The Morgan fingerprint density at radius 1 is 1.15 bits per heavy atom. The minimum absolute atomic E-state index is 0.0985. The van der Waals surface area contributed by atoms with Crippen LogP contribution in [0, 0.1) is 0 Å². The Morgan fingerprint density at radius 2 is 1.93 bits per heavy atom. The molecule has 2 saturated heterocycles. The molecule has 2 heterocycles. The van der Waals surface area contributed by atoms with E-state index in [0.717, 1.165) is 32.5 Å². The molecule has 1 aromatic rings. The molecule has 27 heavy (non-hydrogen) atoms. The number of urea groups is 1. The zero-order chi connectivity index (χ0) is 19.0. The molecule has 2 fully saturated rings. The lowest BCUT2D eigenvalue weighted by Crippen LogP contribution is -2.51. The quantitative estimate of drug-likeness (QED) is 0.828. The normalized spacial score (nSPS) is 24.7. The van der Waals surface area contributed by atoms with E-state index in [2.05, 4.69) is 34.5 Å². The number of benzene rings is 1. The first-order chi connectivity index (χ1) is 13.1. The number of aliphatic hydroxyl groups is 1. The fourth-order valence-corrected chi connectivity index (χ4v) is 3.61. The van der Waals surface area contributed by atoms with Crippen molar-refractivity contribution in [2.45, 2.75) is 24.9 Å². The number of hydrogen-bond acceptors (Lipinski definition) is 4. The molecule has 0 aromatic heterocycles. The highest BCUT2D eigenvalue weighted by atomic mass is 16.5. The molecule has 1 atom stereocenters. The van der Waals surface area contributed by atoms with Crippen molar-refractivity contribution in [3.63, 3.8) is 0 Å². The third-order valence-electron chi connectivity index (χ3n) is 5.35. The van der Waals surface area contributed by atoms with Crippen molar-refractivity contribution in [2.75, 3.05) is 52.5 Å². The SMILES string of the molecule is O=C(NCC1(O)CCCN(C/C=C/c2ccccc2)CC1)N1CCOCC1. The van der Waals surface area contributed by atoms with Crippen LogP contribution in [0.15, 0.2) is 36.4 Å². The van der Waals surface area contributed by atoms with Crippen LogP contribution in [0.4, 0.5) is 4.79 Å². The van der Waals surface area contributed by atoms with Crippen molar-refractivity contribution < 1.29 is 14.6 Å². The summed E-state index contributed by atoms with van der Waals surface area (Å²) in [5.41, 5.74) is 0.384. The Balaban J connectivity index is 1.42. The summed E-state index contributed by atoms with van der Waals surface area (Å²) in [6, 6.07) is 10.2. The average Bonchev–Trinajstić information content (AvgIpc) is 2.90. The van der Waals surface area contributed by atoms with Crippen molar-refractivity contribution in [1.82, 2.24) is 15.1 Å². The molecule has 1 aromatic carbocycles. The summed E-state index contributed by atoms with van der Waals surface area (Å²) >= 11 is 0. The maximum absolute atomic E-state index is 12.2. The van der Waals surface area contributed by atoms with Gasteiger partial charge in [0.25, 0.3) is 0 Å². The first-order valence-electron chi connectivity index (χ1n) is 9.91. The topological polar surface area (TPSA) is 65.0 Å². The van der Waals surface area contributed by atoms with Gasteiger partial charge >= 0.3 is 6.03 Å². The number of morpholine rings is 1. The summed E-state index contributed by atoms with van der Waals surface area (Å²) in [6.45, 7) is 5.41. The first kappa shape index (κ1) is 19.9. The smallest absolute Gasteiger partial charge is 0.317 e. The maximum atomic E-state index is 12.2. The van der Waals surface area contributed by atoms with Crippen LogP contribution in [0.2, 0.25) is 0 Å². The summed E-state index contributed by atoms with van der Waals surface area (Å²) in [4.78, 5) is 16.4. The van der Waals surface area contributed by atoms with Crippen LogP contribution < -0.4 is 5.32 Å². The maximum Gasteiger partial charge on any atom is 0.317 e. The van der Waals surface area contributed by atoms with E-state index in [1.807, 2.05) is 18.2 Å². The van der Waals surface area contributed by atoms with E-state index in [-0.39, 0.29) is 6.03 Å². The average molecular weight is 373 g/mol. The molecule has 6 nitrogen and oxygen atoms in total. The molecule has 2 aliphatic rings. The molecule has 0 radical (unpaired) electrons. The predicted octanol–water partition coefficient (Wildman–Crippen LogP) is 1.96. The van der Waals surface area contributed by atoms with Crippen molar-refractivity contribution in [3.8, 4) is 0 Å². The number of rotatable bonds is 5. The Kier molecular flexibility index (Phi) is 7.26. The molecule has 0 saturated carbocycles. The van der Waals surface area contributed by atoms with Crippen LogP contribution in [-0.4, -0.2) is 79.0 Å². The number of carbonyl (C=O) groups excluding carboxylic acids is 1. The van der Waals surface area contributed by atoms with Crippen molar-refractivity contribution in [2.24, 2.45) is 0 Å². The van der Waals surface area contributed by atoms with Crippen molar-refractivity contribution in [3.05, 3.63) is 42.0 Å². The van der Waals surface area contributed by atoms with Gasteiger partial charge in [0.2, 0.25) is 0 Å². The van der Waals surface area contributed by atoms with Crippen molar-refractivity contribution in [1.29, 1.82) is 0 Å². The van der Waals surface area contributed by atoms with Gasteiger partial charge in [0, 0.05) is 32.7 Å². The molecule has 0 bridgehead atoms. The van der Waals surface area contributed by atoms with E-state index in [9.17, 15) is 9.90 Å². The van der Waals surface area contributed by atoms with Gasteiger partial charge in [-0.05, 0) is 31.4 Å². The highest BCUT2D eigenvalue weighted by Gasteiger charge is 2.31. The van der Waals surface area contributed by atoms with Crippen LogP contribution in [0.25, 0.3) is 6.08 Å². The van der Waals surface area contributed by atoms with Crippen LogP contribution in [0.5, 0.6) is 0 Å². The molecule has 2 aliphatic heterocycles. The number of carbonyl (C=O) groups is 1. The minimum atomic E-state index is -0.820. The predicted molar refractivity (Wildman–Crippen MR) is 107 cm³/mol. The van der Waals surface area contributed by atoms with E-state index in [4.69, 9.17) is 4.74 Å². The Labute approximate surface area is 161 Å². The number of nitrogens with one attached hydrogen (secondary N) is 1. The van der Waals surface area contributed by atoms with Gasteiger partial charge in [0.05, 0.1) is 18.8 Å². The van der Waals surface area contributed by atoms with Crippen LogP contribution >= 0.6 is 0 Å². The largest absolute Gasteiger partial charge is 0.388 e. The van der Waals surface area contributed by atoms with Crippen LogP contribution in [-0.2, 0) is 4.74 Å². The second kappa shape index (κ2) is 9.88. The van der Waals surface area contributed by atoms with Gasteiger partial charge in [-0.1, -0.05) is 42.5 Å². The summed E-state index contributed by atoms with van der Waals surface area (Å²) < 4.78 is 5.27. The number of amides is 2. The standard InChI is InChI=1S/C21H31N3O3/c25-20(24-14-16-27-17-15-24)22-18-21(26)9-5-12-23(13-10-21)11-4-8-19-6-2-1-3-7-19/h1-4,6-8,26H,5,9-18H2,(H,22,25)/b8-4+. The van der Waals surface area contributed by atoms with Crippen LogP contribution in [0.3, 0.4) is 0 Å². The Bertz CT molecular complexity index is 616. The first-order valence-corrected chi connectivity index (χ1v) is 9.91. The van der Waals surface area contributed by atoms with Crippen molar-refractivity contribution >= 4 is 12.1 Å². The van der Waals surface area contributed by atoms with Gasteiger partial charge in [0.15, 0.2) is 0 Å². The van der Waals surface area contributed by atoms with Gasteiger partial charge in [-0.2, -0.15) is 0 Å². The lowest BCUT2D eigenvalue weighted by atomic mass is 9.95. The second-order valence-corrected chi connectivity index (χ2v) is 7.45. The minimum Gasteiger partial charge on any atom is -0.388 e. The van der Waals surface area contributed by atoms with Gasteiger partial charge in [-0.25, -0.2) is 4.79 Å². The Morgan fingerprint density at radius 3 is 2.70 bits per heavy atom. The molecule has 0 aliphatic carbocycles. The molecule has 0 spiro atoms. The number of nitrogens with zero attached hydrogens (tertiary/aromatic N) is 2. The third-order valence-corrected chi connectivity index (χ3v) is 5.35. The number of hydrogen-bond donors (Lipinski definition) is 2. The molecule has 2 N–H and O–H groups in total. The number of likely N-dealkylation sites (tertiary alicyclic amines) is 1. The summed E-state index contributed by atoms with van der Waals surface area (Å²) in [6.07, 6.45) is 6.65. The van der Waals surface area contributed by atoms with Crippen LogP contribution in [0.1, 0.15) is 24.8 Å². The molecular weight excluding hydrogens is 342 g/mol. The van der Waals surface area contributed by atoms with E-state index < -0.39 is 5.60 Å². The van der Waals surface area contributed by atoms with E-state index in [0.29, 0.717) is 39.3 Å². The highest BCUT2D eigenvalue weighted by Crippen LogP contribution is 2.22. The summed E-state index contributed by atoms with van der Waals surface area (Å²) in [5.74, 6) is 0. The fourth-order valence-electron chi connectivity index (χ4n) is 3.61. The third kappa shape index (κ3) is 6.34. The zero-order valence-corrected chi connectivity index (χ0v) is 16.0. The summed E-state index contributed by atoms with van der Waals surface area (Å²) in [5, 5.41) is 13.8. The van der Waals surface area contributed by atoms with Gasteiger partial charge < -0.3 is 20.1 Å². The second-order valence-electron chi connectivity index (χ2n) is 7.45. The molecule has 148 valence electrons. The lowest BCUT2D eigenvalue weighted by Gasteiger charge is -2.31. The van der Waals surface area contributed by atoms with Gasteiger partial charge in [0.1, 0.15) is 0 Å². The lowest BCUT2D eigenvalue weighted by molar-refractivity contribution is 0.0230. The summed E-state index contributed by atoms with van der Waals surface area (Å²) in [7, 11) is 0. The zero-order valence-electron chi connectivity index (χ0n) is 16.0. The molecular formula is C21H31N3O3. The van der Waals surface area contributed by atoms with Gasteiger partial charge in [-0.15, -0.1) is 0 Å². The fraction of sp³-hybridized carbons (Fsp3) is 0.571. The van der Waals surface area contributed by atoms with Gasteiger partial charge in [-0.3, -0.25) is 4.90 Å². The monoisotopic (exact) mass is 373 g/mol. The molecule has 6 heteroatoms. The Hall–Kier alpha value is -1.89. The number of ether oxygens (including phenoxy) is 1. The van der Waals surface area contributed by atoms with E-state index in [1.165, 1.54) is 5.56 Å². The molecule has 1 unspecified atom stereocenters. The van der Waals surface area contributed by atoms with E-state index in [1.54, 1.807) is 4.90 Å².